The average molecular weight is 329 g/mol. The van der Waals surface area contributed by atoms with Crippen LogP contribution in [-0.4, -0.2) is 26.2 Å². The summed E-state index contributed by atoms with van der Waals surface area (Å²) in [6.45, 7) is 8.31. The molecule has 0 aromatic heterocycles. The van der Waals surface area contributed by atoms with Crippen LogP contribution in [0.25, 0.3) is 0 Å². The number of rotatable bonds is 7. The Hall–Kier alpha value is -0.580. The first-order valence-corrected chi connectivity index (χ1v) is 7.46. The Morgan fingerprint density at radius 3 is 2.68 bits per heavy atom. The van der Waals surface area contributed by atoms with E-state index in [2.05, 4.69) is 41.2 Å². The average Bonchev–Trinajstić information content (AvgIpc) is 2.34. The fraction of sp³-hybridized carbons (Fsp3) is 0.600. The summed E-state index contributed by atoms with van der Waals surface area (Å²) >= 11 is 3.53. The quantitative estimate of drug-likeness (QED) is 0.756. The van der Waals surface area contributed by atoms with E-state index in [1.165, 1.54) is 5.56 Å². The van der Waals surface area contributed by atoms with Crippen molar-refractivity contribution in [2.75, 3.05) is 20.2 Å². The highest BCUT2D eigenvalue weighted by molar-refractivity contribution is 9.10. The zero-order valence-electron chi connectivity index (χ0n) is 12.3. The molecule has 108 valence electrons. The van der Waals surface area contributed by atoms with Crippen molar-refractivity contribution >= 4 is 15.9 Å². The minimum atomic E-state index is 0.00690. The van der Waals surface area contributed by atoms with Crippen molar-refractivity contribution in [2.24, 2.45) is 5.73 Å². The van der Waals surface area contributed by atoms with Crippen molar-refractivity contribution in [1.82, 2.24) is 5.32 Å². The highest BCUT2D eigenvalue weighted by Crippen LogP contribution is 2.33. The maximum absolute atomic E-state index is 5.75. The van der Waals surface area contributed by atoms with Gasteiger partial charge in [-0.15, -0.1) is 0 Å². The molecule has 1 aromatic rings. The molecule has 19 heavy (non-hydrogen) atoms. The molecule has 4 heteroatoms. The summed E-state index contributed by atoms with van der Waals surface area (Å²) in [6, 6.07) is 6.38. The van der Waals surface area contributed by atoms with Crippen LogP contribution in [0.4, 0.5) is 0 Å². The van der Waals surface area contributed by atoms with Crippen molar-refractivity contribution in [3.05, 3.63) is 28.2 Å². The maximum Gasteiger partial charge on any atom is 0.122 e. The number of nitrogens with one attached hydrogen (secondary N) is 1. The van der Waals surface area contributed by atoms with Gasteiger partial charge in [-0.25, -0.2) is 0 Å². The number of hydrogen-bond donors (Lipinski definition) is 2. The van der Waals surface area contributed by atoms with Crippen molar-refractivity contribution < 1.29 is 4.74 Å². The minimum absolute atomic E-state index is 0.00690. The highest BCUT2D eigenvalue weighted by Gasteiger charge is 2.24. The van der Waals surface area contributed by atoms with E-state index in [1.54, 1.807) is 7.11 Å². The van der Waals surface area contributed by atoms with Gasteiger partial charge in [-0.2, -0.15) is 0 Å². The molecule has 0 bridgehead atoms. The van der Waals surface area contributed by atoms with Gasteiger partial charge in [0.2, 0.25) is 0 Å². The molecule has 1 atom stereocenters. The molecule has 0 aliphatic carbocycles. The van der Waals surface area contributed by atoms with E-state index < -0.39 is 0 Å². The fourth-order valence-electron chi connectivity index (χ4n) is 2.03. The van der Waals surface area contributed by atoms with Gasteiger partial charge in [0.05, 0.1) is 7.11 Å². The Morgan fingerprint density at radius 1 is 1.42 bits per heavy atom. The zero-order valence-corrected chi connectivity index (χ0v) is 13.9. The van der Waals surface area contributed by atoms with Crippen molar-refractivity contribution in [2.45, 2.75) is 38.6 Å². The Kier molecular flexibility index (Phi) is 6.30. The van der Waals surface area contributed by atoms with Crippen LogP contribution in [0.15, 0.2) is 22.7 Å². The molecule has 1 aromatic carbocycles. The molecule has 1 unspecified atom stereocenters. The lowest BCUT2D eigenvalue weighted by molar-refractivity contribution is 0.384. The van der Waals surface area contributed by atoms with Gasteiger partial charge in [0.25, 0.3) is 0 Å². The second-order valence-corrected chi connectivity index (χ2v) is 6.59. The number of nitrogens with two attached hydrogens (primary N) is 1. The lowest BCUT2D eigenvalue weighted by atomic mass is 9.84. The van der Waals surface area contributed by atoms with Gasteiger partial charge in [-0.05, 0) is 38.1 Å². The Bertz CT molecular complexity index is 405. The predicted molar refractivity (Wildman–Crippen MR) is 84.9 cm³/mol. The van der Waals surface area contributed by atoms with E-state index in [-0.39, 0.29) is 11.5 Å². The maximum atomic E-state index is 5.75. The summed E-state index contributed by atoms with van der Waals surface area (Å²) in [4.78, 5) is 0. The van der Waals surface area contributed by atoms with Crippen molar-refractivity contribution in [1.29, 1.82) is 0 Å². The minimum Gasteiger partial charge on any atom is -0.496 e. The number of benzene rings is 1. The highest BCUT2D eigenvalue weighted by atomic mass is 79.9. The lowest BCUT2D eigenvalue weighted by Crippen LogP contribution is -2.35. The van der Waals surface area contributed by atoms with E-state index in [1.807, 2.05) is 19.1 Å². The molecule has 0 radical (unpaired) electrons. The summed E-state index contributed by atoms with van der Waals surface area (Å²) in [5, 5.41) is 3.48. The molecule has 1 rings (SSSR count). The summed E-state index contributed by atoms with van der Waals surface area (Å²) < 4.78 is 6.54. The summed E-state index contributed by atoms with van der Waals surface area (Å²) in [5.41, 5.74) is 6.97. The zero-order chi connectivity index (χ0) is 14.5. The smallest absolute Gasteiger partial charge is 0.122 e. The van der Waals surface area contributed by atoms with Crippen LogP contribution >= 0.6 is 15.9 Å². The normalized spacial score (nSPS) is 13.4. The molecule has 3 N–H and O–H groups in total. The first kappa shape index (κ1) is 16.5. The third-order valence-corrected chi connectivity index (χ3v) is 3.73. The number of methoxy groups -OCH3 is 1. The molecule has 0 saturated carbocycles. The summed E-state index contributed by atoms with van der Waals surface area (Å²) in [7, 11) is 1.71. The molecule has 0 aliphatic heterocycles. The first-order chi connectivity index (χ1) is 8.86. The van der Waals surface area contributed by atoms with E-state index in [9.17, 15) is 0 Å². The Morgan fingerprint density at radius 2 is 2.11 bits per heavy atom. The molecule has 0 saturated heterocycles. The van der Waals surface area contributed by atoms with Gasteiger partial charge in [0, 0.05) is 28.0 Å². The van der Waals surface area contributed by atoms with Gasteiger partial charge in [-0.3, -0.25) is 0 Å². The number of halogens is 1. The van der Waals surface area contributed by atoms with E-state index in [0.29, 0.717) is 0 Å². The Labute approximate surface area is 125 Å². The van der Waals surface area contributed by atoms with Crippen LogP contribution in [0, 0.1) is 0 Å². The monoisotopic (exact) mass is 328 g/mol. The van der Waals surface area contributed by atoms with Crippen LogP contribution in [0.2, 0.25) is 0 Å². The third-order valence-electron chi connectivity index (χ3n) is 3.23. The molecular formula is C15H25BrN2O. The third kappa shape index (κ3) is 5.13. The Balaban J connectivity index is 2.73. The standard InChI is InChI=1S/C15H25BrN2O/c1-11(17)7-8-18-10-15(2,3)13-9-12(16)5-6-14(13)19-4/h5-6,9,11,18H,7-8,10,17H2,1-4H3. The number of hydrogen-bond acceptors (Lipinski definition) is 3. The molecule has 0 aliphatic rings. The van der Waals surface area contributed by atoms with E-state index in [0.717, 1.165) is 29.7 Å². The van der Waals surface area contributed by atoms with Gasteiger partial charge in [0.15, 0.2) is 0 Å². The predicted octanol–water partition coefficient (Wildman–Crippen LogP) is 3.06. The summed E-state index contributed by atoms with van der Waals surface area (Å²) in [6.07, 6.45) is 0.992. The molecule has 0 amide bonds. The second kappa shape index (κ2) is 7.27. The van der Waals surface area contributed by atoms with Gasteiger partial charge in [-0.1, -0.05) is 29.8 Å². The van der Waals surface area contributed by atoms with Crippen molar-refractivity contribution in [3.63, 3.8) is 0 Å². The van der Waals surface area contributed by atoms with Gasteiger partial charge < -0.3 is 15.8 Å². The van der Waals surface area contributed by atoms with Gasteiger partial charge in [0.1, 0.15) is 5.75 Å². The molecular weight excluding hydrogens is 304 g/mol. The van der Waals surface area contributed by atoms with Crippen molar-refractivity contribution in [3.8, 4) is 5.75 Å². The molecule has 0 spiro atoms. The van der Waals surface area contributed by atoms with E-state index >= 15 is 0 Å². The summed E-state index contributed by atoms with van der Waals surface area (Å²) in [5.74, 6) is 0.933. The number of ether oxygens (including phenoxy) is 1. The largest absolute Gasteiger partial charge is 0.496 e. The topological polar surface area (TPSA) is 47.3 Å². The van der Waals surface area contributed by atoms with Crippen LogP contribution in [0.3, 0.4) is 0 Å². The lowest BCUT2D eigenvalue weighted by Gasteiger charge is -2.28. The second-order valence-electron chi connectivity index (χ2n) is 5.67. The van der Waals surface area contributed by atoms with Crippen LogP contribution in [0.1, 0.15) is 32.8 Å². The van der Waals surface area contributed by atoms with E-state index in [4.69, 9.17) is 10.5 Å². The SMILES string of the molecule is COc1ccc(Br)cc1C(C)(C)CNCCC(C)N. The van der Waals surface area contributed by atoms with Gasteiger partial charge >= 0.3 is 0 Å². The van der Waals surface area contributed by atoms with Crippen LogP contribution in [0.5, 0.6) is 5.75 Å². The fourth-order valence-corrected chi connectivity index (χ4v) is 2.40. The molecule has 0 heterocycles. The van der Waals surface area contributed by atoms with Crippen LogP contribution < -0.4 is 15.8 Å². The van der Waals surface area contributed by atoms with Crippen LogP contribution in [-0.2, 0) is 5.41 Å². The molecule has 0 fully saturated rings. The first-order valence-electron chi connectivity index (χ1n) is 6.67. The molecule has 3 nitrogen and oxygen atoms in total.